The van der Waals surface area contributed by atoms with E-state index in [1.165, 1.54) is 12.8 Å². The van der Waals surface area contributed by atoms with E-state index < -0.39 is 0 Å². The predicted molar refractivity (Wildman–Crippen MR) is 61.7 cm³/mol. The molecule has 1 heterocycles. The Morgan fingerprint density at radius 3 is 2.87 bits per heavy atom. The summed E-state index contributed by atoms with van der Waals surface area (Å²) in [4.78, 5) is 15.5. The zero-order valence-corrected chi connectivity index (χ0v) is 9.41. The first kappa shape index (κ1) is 11.9. The van der Waals surface area contributed by atoms with Crippen molar-refractivity contribution < 1.29 is 4.79 Å². The van der Waals surface area contributed by atoms with E-state index in [9.17, 15) is 4.79 Å². The van der Waals surface area contributed by atoms with Crippen LogP contribution in [0.4, 0.5) is 0 Å². The Hall–Kier alpha value is -1.18. The van der Waals surface area contributed by atoms with Crippen molar-refractivity contribution in [2.24, 2.45) is 0 Å². The summed E-state index contributed by atoms with van der Waals surface area (Å²) in [5.41, 5.74) is 1.15. The SMILES string of the molecule is CCCCCC(=O)CCc1cccnc1. The van der Waals surface area contributed by atoms with E-state index in [0.717, 1.165) is 24.8 Å². The van der Waals surface area contributed by atoms with E-state index in [1.807, 2.05) is 18.3 Å². The van der Waals surface area contributed by atoms with Crippen LogP contribution in [-0.4, -0.2) is 10.8 Å². The number of hydrogen-bond donors (Lipinski definition) is 0. The summed E-state index contributed by atoms with van der Waals surface area (Å²) in [5.74, 6) is 0.382. The molecular formula is C13H19NO. The Morgan fingerprint density at radius 1 is 1.33 bits per heavy atom. The summed E-state index contributed by atoms with van der Waals surface area (Å²) in [6, 6.07) is 3.93. The smallest absolute Gasteiger partial charge is 0.133 e. The molecule has 15 heavy (non-hydrogen) atoms. The van der Waals surface area contributed by atoms with E-state index in [-0.39, 0.29) is 0 Å². The molecule has 82 valence electrons. The van der Waals surface area contributed by atoms with Crippen LogP contribution < -0.4 is 0 Å². The van der Waals surface area contributed by atoms with Crippen molar-refractivity contribution in [2.45, 2.75) is 45.4 Å². The van der Waals surface area contributed by atoms with Crippen LogP contribution in [0.5, 0.6) is 0 Å². The number of aromatic nitrogens is 1. The molecule has 0 fully saturated rings. The van der Waals surface area contributed by atoms with E-state index in [1.54, 1.807) is 6.20 Å². The highest BCUT2D eigenvalue weighted by atomic mass is 16.1. The van der Waals surface area contributed by atoms with Gasteiger partial charge >= 0.3 is 0 Å². The maximum absolute atomic E-state index is 11.5. The second-order valence-electron chi connectivity index (χ2n) is 3.86. The van der Waals surface area contributed by atoms with Crippen molar-refractivity contribution in [3.05, 3.63) is 30.1 Å². The largest absolute Gasteiger partial charge is 0.300 e. The molecule has 0 radical (unpaired) electrons. The van der Waals surface area contributed by atoms with Crippen molar-refractivity contribution >= 4 is 5.78 Å². The summed E-state index contributed by atoms with van der Waals surface area (Å²) in [6.45, 7) is 2.15. The number of carbonyl (C=O) groups excluding carboxylic acids is 1. The summed E-state index contributed by atoms with van der Waals surface area (Å²) in [6.07, 6.45) is 9.21. The Morgan fingerprint density at radius 2 is 2.20 bits per heavy atom. The number of pyridine rings is 1. The normalized spacial score (nSPS) is 10.2. The first-order valence-corrected chi connectivity index (χ1v) is 5.73. The molecule has 0 atom stereocenters. The molecule has 0 saturated carbocycles. The Kier molecular flexibility index (Phi) is 5.67. The van der Waals surface area contributed by atoms with Crippen molar-refractivity contribution in [3.8, 4) is 0 Å². The first-order valence-electron chi connectivity index (χ1n) is 5.73. The van der Waals surface area contributed by atoms with Gasteiger partial charge in [0.05, 0.1) is 0 Å². The summed E-state index contributed by atoms with van der Waals surface area (Å²) < 4.78 is 0. The number of carbonyl (C=O) groups is 1. The van der Waals surface area contributed by atoms with Crippen LogP contribution in [0.3, 0.4) is 0 Å². The fraction of sp³-hybridized carbons (Fsp3) is 0.538. The van der Waals surface area contributed by atoms with Gasteiger partial charge in [-0.15, -0.1) is 0 Å². The van der Waals surface area contributed by atoms with Crippen LogP contribution in [0.2, 0.25) is 0 Å². The van der Waals surface area contributed by atoms with Gasteiger partial charge in [-0.05, 0) is 24.5 Å². The third kappa shape index (κ3) is 5.31. The van der Waals surface area contributed by atoms with Gasteiger partial charge in [0, 0.05) is 25.2 Å². The first-order chi connectivity index (χ1) is 7.33. The number of hydrogen-bond acceptors (Lipinski definition) is 2. The fourth-order valence-corrected chi connectivity index (χ4v) is 1.53. The minimum Gasteiger partial charge on any atom is -0.300 e. The van der Waals surface area contributed by atoms with E-state index in [0.29, 0.717) is 12.2 Å². The third-order valence-corrected chi connectivity index (χ3v) is 2.47. The monoisotopic (exact) mass is 205 g/mol. The van der Waals surface area contributed by atoms with Gasteiger partial charge in [-0.25, -0.2) is 0 Å². The van der Waals surface area contributed by atoms with Gasteiger partial charge in [0.2, 0.25) is 0 Å². The molecule has 0 bridgehead atoms. The molecule has 0 amide bonds. The lowest BCUT2D eigenvalue weighted by Crippen LogP contribution is -2.00. The molecule has 0 aliphatic carbocycles. The lowest BCUT2D eigenvalue weighted by Gasteiger charge is -2.00. The average Bonchev–Trinajstić information content (AvgIpc) is 2.28. The molecule has 0 aliphatic heterocycles. The van der Waals surface area contributed by atoms with Crippen molar-refractivity contribution in [1.82, 2.24) is 4.98 Å². The highest BCUT2D eigenvalue weighted by molar-refractivity contribution is 5.78. The zero-order chi connectivity index (χ0) is 10.9. The minimum atomic E-state index is 0.382. The summed E-state index contributed by atoms with van der Waals surface area (Å²) >= 11 is 0. The molecule has 2 nitrogen and oxygen atoms in total. The zero-order valence-electron chi connectivity index (χ0n) is 9.41. The van der Waals surface area contributed by atoms with E-state index >= 15 is 0 Å². The standard InChI is InChI=1S/C13H19NO/c1-2-3-4-7-13(15)9-8-12-6-5-10-14-11-12/h5-6,10-11H,2-4,7-9H2,1H3. The highest BCUT2D eigenvalue weighted by Crippen LogP contribution is 2.06. The van der Waals surface area contributed by atoms with Crippen molar-refractivity contribution in [1.29, 1.82) is 0 Å². The average molecular weight is 205 g/mol. The molecule has 0 spiro atoms. The highest BCUT2D eigenvalue weighted by Gasteiger charge is 2.02. The molecular weight excluding hydrogens is 186 g/mol. The lowest BCUT2D eigenvalue weighted by molar-refractivity contribution is -0.119. The number of Topliss-reactive ketones (excluding diaryl/α,β-unsaturated/α-hetero) is 1. The minimum absolute atomic E-state index is 0.382. The van der Waals surface area contributed by atoms with E-state index in [2.05, 4.69) is 11.9 Å². The van der Waals surface area contributed by atoms with Crippen LogP contribution in [0, 0.1) is 0 Å². The number of rotatable bonds is 7. The summed E-state index contributed by atoms with van der Waals surface area (Å²) in [5, 5.41) is 0. The second kappa shape index (κ2) is 7.16. The fourth-order valence-electron chi connectivity index (χ4n) is 1.53. The van der Waals surface area contributed by atoms with Crippen LogP contribution in [0.15, 0.2) is 24.5 Å². The molecule has 0 aromatic carbocycles. The van der Waals surface area contributed by atoms with Gasteiger partial charge in [0.15, 0.2) is 0 Å². The van der Waals surface area contributed by atoms with Crippen LogP contribution >= 0.6 is 0 Å². The van der Waals surface area contributed by atoms with Gasteiger partial charge in [-0.3, -0.25) is 9.78 Å². The predicted octanol–water partition coefficient (Wildman–Crippen LogP) is 3.16. The molecule has 1 aromatic heterocycles. The van der Waals surface area contributed by atoms with Crippen molar-refractivity contribution in [2.75, 3.05) is 0 Å². The summed E-state index contributed by atoms with van der Waals surface area (Å²) in [7, 11) is 0. The molecule has 0 aliphatic rings. The topological polar surface area (TPSA) is 30.0 Å². The Bertz CT molecular complexity index is 282. The molecule has 0 saturated heterocycles. The van der Waals surface area contributed by atoms with Gasteiger partial charge in [0.1, 0.15) is 5.78 Å². The second-order valence-corrected chi connectivity index (χ2v) is 3.86. The van der Waals surface area contributed by atoms with Gasteiger partial charge in [-0.1, -0.05) is 25.8 Å². The van der Waals surface area contributed by atoms with Crippen LogP contribution in [0.25, 0.3) is 0 Å². The lowest BCUT2D eigenvalue weighted by atomic mass is 10.1. The van der Waals surface area contributed by atoms with Crippen LogP contribution in [0.1, 0.15) is 44.6 Å². The number of unbranched alkanes of at least 4 members (excludes halogenated alkanes) is 2. The number of nitrogens with zero attached hydrogens (tertiary/aromatic N) is 1. The van der Waals surface area contributed by atoms with Gasteiger partial charge < -0.3 is 0 Å². The molecule has 1 aromatic rings. The van der Waals surface area contributed by atoms with E-state index in [4.69, 9.17) is 0 Å². The maximum Gasteiger partial charge on any atom is 0.133 e. The third-order valence-electron chi connectivity index (χ3n) is 2.47. The Balaban J connectivity index is 2.17. The van der Waals surface area contributed by atoms with Gasteiger partial charge in [-0.2, -0.15) is 0 Å². The molecule has 1 rings (SSSR count). The quantitative estimate of drug-likeness (QED) is 0.640. The van der Waals surface area contributed by atoms with Crippen molar-refractivity contribution in [3.63, 3.8) is 0 Å². The number of aryl methyl sites for hydroxylation is 1. The Labute approximate surface area is 91.7 Å². The maximum atomic E-state index is 11.5. The van der Waals surface area contributed by atoms with Gasteiger partial charge in [0.25, 0.3) is 0 Å². The molecule has 2 heteroatoms. The number of ketones is 1. The van der Waals surface area contributed by atoms with Crippen LogP contribution in [-0.2, 0) is 11.2 Å². The molecule has 0 N–H and O–H groups in total. The molecule has 0 unspecified atom stereocenters.